The van der Waals surface area contributed by atoms with Crippen LogP contribution >= 0.6 is 0 Å². The highest BCUT2D eigenvalue weighted by Gasteiger charge is 2.28. The molecule has 5 heteroatoms. The molecular formula is C11H11F3O2. The van der Waals surface area contributed by atoms with Crippen molar-refractivity contribution in [1.29, 1.82) is 0 Å². The van der Waals surface area contributed by atoms with Crippen LogP contribution in [0, 0.1) is 17.5 Å². The summed E-state index contributed by atoms with van der Waals surface area (Å²) >= 11 is 0. The van der Waals surface area contributed by atoms with Gasteiger partial charge < -0.3 is 5.11 Å². The maximum atomic E-state index is 13.4. The summed E-state index contributed by atoms with van der Waals surface area (Å²) in [6, 6.07) is 1.13. The molecule has 0 fully saturated rings. The van der Waals surface area contributed by atoms with Crippen molar-refractivity contribution in [2.24, 2.45) is 0 Å². The minimum absolute atomic E-state index is 0.145. The van der Waals surface area contributed by atoms with Crippen LogP contribution in [0.3, 0.4) is 0 Å². The van der Waals surface area contributed by atoms with Crippen LogP contribution in [-0.4, -0.2) is 11.1 Å². The zero-order chi connectivity index (χ0) is 12.5. The lowest BCUT2D eigenvalue weighted by Gasteiger charge is -2.23. The Morgan fingerprint density at radius 1 is 1.19 bits per heavy atom. The lowest BCUT2D eigenvalue weighted by Crippen LogP contribution is -2.23. The van der Waals surface area contributed by atoms with Crippen LogP contribution in [0.4, 0.5) is 13.2 Å². The zero-order valence-electron chi connectivity index (χ0n) is 8.85. The summed E-state index contributed by atoms with van der Waals surface area (Å²) in [6.07, 6.45) is -0.366. The second-order valence-corrected chi connectivity index (χ2v) is 4.20. The number of carboxylic acids is 1. The molecule has 0 saturated heterocycles. The van der Waals surface area contributed by atoms with Crippen LogP contribution in [0.25, 0.3) is 0 Å². The first kappa shape index (κ1) is 12.5. The highest BCUT2D eigenvalue weighted by atomic mass is 19.2. The average molecular weight is 232 g/mol. The summed E-state index contributed by atoms with van der Waals surface area (Å²) in [5, 5.41) is 8.63. The van der Waals surface area contributed by atoms with E-state index in [4.69, 9.17) is 5.11 Å². The first-order valence-electron chi connectivity index (χ1n) is 4.61. The van der Waals surface area contributed by atoms with Crippen LogP contribution in [0.1, 0.15) is 25.8 Å². The molecule has 1 aromatic rings. The third kappa shape index (κ3) is 2.53. The van der Waals surface area contributed by atoms with E-state index in [1.807, 2.05) is 0 Å². The van der Waals surface area contributed by atoms with Crippen molar-refractivity contribution in [3.63, 3.8) is 0 Å². The number of carbonyl (C=O) groups is 1. The minimum Gasteiger partial charge on any atom is -0.481 e. The third-order valence-corrected chi connectivity index (χ3v) is 2.33. The summed E-state index contributed by atoms with van der Waals surface area (Å²) in [6.45, 7) is 2.91. The highest BCUT2D eigenvalue weighted by Crippen LogP contribution is 2.30. The molecule has 0 heterocycles. The average Bonchev–Trinajstić information content (AvgIpc) is 2.08. The molecule has 1 rings (SSSR count). The lowest BCUT2D eigenvalue weighted by atomic mass is 9.81. The fraction of sp³-hybridized carbons (Fsp3) is 0.364. The number of benzene rings is 1. The van der Waals surface area contributed by atoms with E-state index in [1.165, 1.54) is 13.8 Å². The molecule has 0 unspecified atom stereocenters. The van der Waals surface area contributed by atoms with E-state index in [-0.39, 0.29) is 12.0 Å². The van der Waals surface area contributed by atoms with E-state index in [9.17, 15) is 18.0 Å². The zero-order valence-corrected chi connectivity index (χ0v) is 8.85. The fourth-order valence-corrected chi connectivity index (χ4v) is 1.51. The molecule has 0 spiro atoms. The monoisotopic (exact) mass is 232 g/mol. The number of rotatable bonds is 3. The van der Waals surface area contributed by atoms with Gasteiger partial charge in [0.25, 0.3) is 0 Å². The molecule has 0 radical (unpaired) electrons. The van der Waals surface area contributed by atoms with Gasteiger partial charge in [-0.15, -0.1) is 0 Å². The maximum Gasteiger partial charge on any atom is 0.304 e. The van der Waals surface area contributed by atoms with Crippen molar-refractivity contribution >= 4 is 5.97 Å². The van der Waals surface area contributed by atoms with Gasteiger partial charge in [0.15, 0.2) is 11.6 Å². The minimum atomic E-state index is -1.28. The Labute approximate surface area is 90.7 Å². The van der Waals surface area contributed by atoms with E-state index in [1.54, 1.807) is 0 Å². The van der Waals surface area contributed by atoms with Gasteiger partial charge in [-0.3, -0.25) is 4.79 Å². The number of aliphatic carboxylic acids is 1. The number of carboxylic acid groups (broad SMARTS) is 1. The number of hydrogen-bond acceptors (Lipinski definition) is 1. The van der Waals surface area contributed by atoms with Gasteiger partial charge in [0.05, 0.1) is 6.42 Å². The molecule has 0 aromatic heterocycles. The second kappa shape index (κ2) is 4.15. The van der Waals surface area contributed by atoms with Crippen LogP contribution < -0.4 is 0 Å². The van der Waals surface area contributed by atoms with Crippen molar-refractivity contribution in [1.82, 2.24) is 0 Å². The summed E-state index contributed by atoms with van der Waals surface area (Å²) in [7, 11) is 0. The molecule has 1 N–H and O–H groups in total. The summed E-state index contributed by atoms with van der Waals surface area (Å²) in [5.41, 5.74) is -1.24. The Morgan fingerprint density at radius 3 is 2.19 bits per heavy atom. The van der Waals surface area contributed by atoms with Gasteiger partial charge in [-0.25, -0.2) is 13.2 Å². The van der Waals surface area contributed by atoms with Gasteiger partial charge in [0, 0.05) is 11.5 Å². The summed E-state index contributed by atoms with van der Waals surface area (Å²) in [5.74, 6) is -4.54. The Morgan fingerprint density at radius 2 is 1.69 bits per heavy atom. The van der Waals surface area contributed by atoms with E-state index in [0.717, 1.165) is 0 Å². The van der Waals surface area contributed by atoms with Gasteiger partial charge in [0.1, 0.15) is 5.82 Å². The molecule has 0 aliphatic carbocycles. The van der Waals surface area contributed by atoms with Gasteiger partial charge in [-0.2, -0.15) is 0 Å². The van der Waals surface area contributed by atoms with Gasteiger partial charge in [-0.05, 0) is 11.6 Å². The van der Waals surface area contributed by atoms with Crippen molar-refractivity contribution in [2.45, 2.75) is 25.7 Å². The Hall–Kier alpha value is -1.52. The van der Waals surface area contributed by atoms with Crippen molar-refractivity contribution in [2.75, 3.05) is 0 Å². The number of hydrogen-bond donors (Lipinski definition) is 1. The second-order valence-electron chi connectivity index (χ2n) is 4.20. The third-order valence-electron chi connectivity index (χ3n) is 2.33. The summed E-state index contributed by atoms with van der Waals surface area (Å²) in [4.78, 5) is 10.6. The SMILES string of the molecule is CC(C)(CC(=O)O)c1cc(F)c(F)cc1F. The van der Waals surface area contributed by atoms with Crippen molar-refractivity contribution in [3.05, 3.63) is 35.1 Å². The quantitative estimate of drug-likeness (QED) is 0.813. The highest BCUT2D eigenvalue weighted by molar-refractivity contribution is 5.68. The Balaban J connectivity index is 3.22. The molecule has 0 aliphatic rings. The first-order chi connectivity index (χ1) is 7.24. The molecule has 0 saturated carbocycles. The lowest BCUT2D eigenvalue weighted by molar-refractivity contribution is -0.138. The summed E-state index contributed by atoms with van der Waals surface area (Å²) < 4.78 is 39.0. The van der Waals surface area contributed by atoms with E-state index in [2.05, 4.69) is 0 Å². The van der Waals surface area contributed by atoms with Crippen LogP contribution in [-0.2, 0) is 10.2 Å². The van der Waals surface area contributed by atoms with Gasteiger partial charge in [-0.1, -0.05) is 13.8 Å². The van der Waals surface area contributed by atoms with E-state index in [0.29, 0.717) is 12.1 Å². The Bertz CT molecular complexity index is 427. The van der Waals surface area contributed by atoms with Crippen LogP contribution in [0.15, 0.2) is 12.1 Å². The molecule has 0 amide bonds. The maximum absolute atomic E-state index is 13.4. The van der Waals surface area contributed by atoms with E-state index < -0.39 is 28.8 Å². The predicted octanol–water partition coefficient (Wildman–Crippen LogP) is 2.86. The molecular weight excluding hydrogens is 221 g/mol. The molecule has 0 aliphatic heterocycles. The van der Waals surface area contributed by atoms with Crippen molar-refractivity contribution < 1.29 is 23.1 Å². The van der Waals surface area contributed by atoms with E-state index >= 15 is 0 Å². The topological polar surface area (TPSA) is 37.3 Å². The Kier molecular flexibility index (Phi) is 3.26. The largest absolute Gasteiger partial charge is 0.481 e. The molecule has 0 atom stereocenters. The molecule has 0 bridgehead atoms. The van der Waals surface area contributed by atoms with Gasteiger partial charge in [0.2, 0.25) is 0 Å². The van der Waals surface area contributed by atoms with Crippen LogP contribution in [0.2, 0.25) is 0 Å². The predicted molar refractivity (Wildman–Crippen MR) is 51.6 cm³/mol. The number of halogens is 3. The molecule has 1 aromatic carbocycles. The molecule has 88 valence electrons. The molecule has 16 heavy (non-hydrogen) atoms. The smallest absolute Gasteiger partial charge is 0.304 e. The fourth-order valence-electron chi connectivity index (χ4n) is 1.51. The molecule has 2 nitrogen and oxygen atoms in total. The first-order valence-corrected chi connectivity index (χ1v) is 4.61. The standard InChI is InChI=1S/C11H11F3O2/c1-11(2,5-10(15)16)6-3-8(13)9(14)4-7(6)12/h3-4H,5H2,1-2H3,(H,15,16). The van der Waals surface area contributed by atoms with Gasteiger partial charge >= 0.3 is 5.97 Å². The van der Waals surface area contributed by atoms with Crippen LogP contribution in [0.5, 0.6) is 0 Å². The van der Waals surface area contributed by atoms with Crippen molar-refractivity contribution in [3.8, 4) is 0 Å². The normalized spacial score (nSPS) is 11.6.